The maximum Gasteiger partial charge on any atom is 0.239 e. The van der Waals surface area contributed by atoms with Crippen LogP contribution in [0.4, 0.5) is 0 Å². The first kappa shape index (κ1) is 8.59. The number of rotatable bonds is 4. The minimum Gasteiger partial charge on any atom is -0.493 e. The van der Waals surface area contributed by atoms with Crippen molar-refractivity contribution < 1.29 is 14.3 Å². The Morgan fingerprint density at radius 3 is 2.58 bits per heavy atom. The van der Waals surface area contributed by atoms with Crippen LogP contribution in [0.2, 0.25) is 0 Å². The summed E-state index contributed by atoms with van der Waals surface area (Å²) in [5, 5.41) is 0. The van der Waals surface area contributed by atoms with Crippen LogP contribution in [0.3, 0.4) is 0 Å². The normalized spacial score (nSPS) is 9.08. The molecule has 3 heteroatoms. The molecule has 0 aromatic heterocycles. The molecule has 0 aliphatic rings. The van der Waals surface area contributed by atoms with Crippen LogP contribution in [-0.4, -0.2) is 20.0 Å². The van der Waals surface area contributed by atoms with Gasteiger partial charge in [-0.3, -0.25) is 4.79 Å². The predicted molar refractivity (Wildman–Crippen MR) is 44.2 cm³/mol. The second-order valence-electron chi connectivity index (χ2n) is 2.08. The Hall–Kier alpha value is -1.51. The first-order valence-electron chi connectivity index (χ1n) is 3.49. The van der Waals surface area contributed by atoms with Crippen LogP contribution in [0.15, 0.2) is 24.3 Å². The highest BCUT2D eigenvalue weighted by molar-refractivity contribution is 5.53. The number of methoxy groups -OCH3 is 1. The number of benzene rings is 1. The summed E-state index contributed by atoms with van der Waals surface area (Å²) >= 11 is 0. The molecule has 0 unspecified atom stereocenters. The van der Waals surface area contributed by atoms with Gasteiger partial charge in [-0.1, -0.05) is 12.1 Å². The van der Waals surface area contributed by atoms with Crippen molar-refractivity contribution in [3.8, 4) is 11.5 Å². The Bertz CT molecular complexity index is 258. The van der Waals surface area contributed by atoms with E-state index in [0.29, 0.717) is 11.5 Å². The lowest BCUT2D eigenvalue weighted by Crippen LogP contribution is -1.99. The van der Waals surface area contributed by atoms with Gasteiger partial charge in [0.05, 0.1) is 7.11 Å². The van der Waals surface area contributed by atoms with Crippen molar-refractivity contribution in [2.75, 3.05) is 13.7 Å². The third kappa shape index (κ3) is 1.99. The lowest BCUT2D eigenvalue weighted by molar-refractivity contribution is 0.329. The molecule has 0 N–H and O–H groups in total. The first-order valence-corrected chi connectivity index (χ1v) is 3.49. The van der Waals surface area contributed by atoms with Crippen LogP contribution in [0.5, 0.6) is 11.5 Å². The fraction of sp³-hybridized carbons (Fsp3) is 0.222. The minimum absolute atomic E-state index is 0.0691. The van der Waals surface area contributed by atoms with Gasteiger partial charge in [-0.2, -0.15) is 0 Å². The fourth-order valence-electron chi connectivity index (χ4n) is 0.845. The highest BCUT2D eigenvalue weighted by Gasteiger charge is 2.00. The van der Waals surface area contributed by atoms with Crippen molar-refractivity contribution in [1.82, 2.24) is 0 Å². The van der Waals surface area contributed by atoms with Crippen LogP contribution in [0, 0.1) is 0 Å². The van der Waals surface area contributed by atoms with E-state index in [0.717, 1.165) is 0 Å². The number of carbonyl (C=O) groups excluding carboxylic acids is 1. The molecule has 1 aromatic rings. The van der Waals surface area contributed by atoms with Crippen LogP contribution in [-0.2, 0) is 4.79 Å². The zero-order valence-electron chi connectivity index (χ0n) is 6.74. The van der Waals surface area contributed by atoms with Gasteiger partial charge >= 0.3 is 0 Å². The van der Waals surface area contributed by atoms with Gasteiger partial charge in [-0.25, -0.2) is 0 Å². The van der Waals surface area contributed by atoms with E-state index in [1.165, 1.54) is 0 Å². The van der Waals surface area contributed by atoms with E-state index in [1.807, 2.05) is 12.1 Å². The Morgan fingerprint density at radius 1 is 1.33 bits per heavy atom. The van der Waals surface area contributed by atoms with Crippen molar-refractivity contribution in [1.29, 1.82) is 0 Å². The van der Waals surface area contributed by atoms with Gasteiger partial charge in [0.1, 0.15) is 0 Å². The van der Waals surface area contributed by atoms with E-state index >= 15 is 0 Å². The van der Waals surface area contributed by atoms with Crippen molar-refractivity contribution in [2.24, 2.45) is 0 Å². The molecule has 0 amide bonds. The second-order valence-corrected chi connectivity index (χ2v) is 2.08. The number of para-hydroxylation sites is 2. The fourth-order valence-corrected chi connectivity index (χ4v) is 0.845. The van der Waals surface area contributed by atoms with Crippen LogP contribution < -0.4 is 9.47 Å². The van der Waals surface area contributed by atoms with E-state index in [-0.39, 0.29) is 6.61 Å². The van der Waals surface area contributed by atoms with Gasteiger partial charge in [0.25, 0.3) is 0 Å². The molecule has 12 heavy (non-hydrogen) atoms. The van der Waals surface area contributed by atoms with Gasteiger partial charge in [-0.15, -0.1) is 0 Å². The summed E-state index contributed by atoms with van der Waals surface area (Å²) in [5.74, 6) is 1.18. The van der Waals surface area contributed by atoms with E-state index in [1.54, 1.807) is 25.5 Å². The highest BCUT2D eigenvalue weighted by Crippen LogP contribution is 2.25. The van der Waals surface area contributed by atoms with Gasteiger partial charge in [0, 0.05) is 0 Å². The molecule has 63 valence electrons. The Balaban J connectivity index is 2.74. The molecule has 0 aliphatic heterocycles. The first-order chi connectivity index (χ1) is 5.88. The lowest BCUT2D eigenvalue weighted by atomic mass is 10.3. The van der Waals surface area contributed by atoms with E-state index in [9.17, 15) is 4.79 Å². The molecule has 1 aromatic carbocycles. The average molecular weight is 165 g/mol. The minimum atomic E-state index is -0.0691. The second kappa shape index (κ2) is 4.38. The van der Waals surface area contributed by atoms with Gasteiger partial charge < -0.3 is 9.47 Å². The SMILES string of the molecule is COc1ccccc1OC[C]=O. The molecular formula is C9H9O3. The molecule has 0 heterocycles. The Labute approximate surface area is 70.9 Å². The maximum absolute atomic E-state index is 9.89. The van der Waals surface area contributed by atoms with Gasteiger partial charge in [-0.05, 0) is 12.1 Å². The summed E-state index contributed by atoms with van der Waals surface area (Å²) < 4.78 is 10.0. The standard InChI is InChI=1S/C9H9O3/c1-11-8-4-2-3-5-9(8)12-7-6-10/h2-5H,7H2,1H3. The molecule has 0 bridgehead atoms. The summed E-state index contributed by atoms with van der Waals surface area (Å²) in [6, 6.07) is 7.13. The summed E-state index contributed by atoms with van der Waals surface area (Å²) in [4.78, 5) is 9.89. The average Bonchev–Trinajstić information content (AvgIpc) is 2.15. The smallest absolute Gasteiger partial charge is 0.239 e. The van der Waals surface area contributed by atoms with Crippen molar-refractivity contribution in [3.63, 3.8) is 0 Å². The van der Waals surface area contributed by atoms with E-state index in [2.05, 4.69) is 0 Å². The summed E-state index contributed by atoms with van der Waals surface area (Å²) in [6.07, 6.45) is 1.64. The largest absolute Gasteiger partial charge is 0.493 e. The molecule has 0 saturated heterocycles. The van der Waals surface area contributed by atoms with E-state index in [4.69, 9.17) is 9.47 Å². The highest BCUT2D eigenvalue weighted by atomic mass is 16.5. The predicted octanol–water partition coefficient (Wildman–Crippen LogP) is 1.18. The molecule has 0 spiro atoms. The molecule has 0 atom stereocenters. The zero-order valence-corrected chi connectivity index (χ0v) is 6.74. The number of hydrogen-bond donors (Lipinski definition) is 0. The van der Waals surface area contributed by atoms with Crippen molar-refractivity contribution >= 4 is 6.29 Å². The number of hydrogen-bond acceptors (Lipinski definition) is 3. The number of ether oxygens (including phenoxy) is 2. The lowest BCUT2D eigenvalue weighted by Gasteiger charge is -2.06. The monoisotopic (exact) mass is 165 g/mol. The van der Waals surface area contributed by atoms with Crippen molar-refractivity contribution in [3.05, 3.63) is 24.3 Å². The van der Waals surface area contributed by atoms with Gasteiger partial charge in [0.2, 0.25) is 6.29 Å². The van der Waals surface area contributed by atoms with Crippen LogP contribution in [0.1, 0.15) is 0 Å². The molecule has 0 fully saturated rings. The van der Waals surface area contributed by atoms with Crippen LogP contribution in [0.25, 0.3) is 0 Å². The van der Waals surface area contributed by atoms with E-state index < -0.39 is 0 Å². The molecule has 0 aliphatic carbocycles. The molecular weight excluding hydrogens is 156 g/mol. The summed E-state index contributed by atoms with van der Waals surface area (Å²) in [7, 11) is 1.55. The molecule has 1 radical (unpaired) electrons. The molecule has 3 nitrogen and oxygen atoms in total. The molecule has 1 rings (SSSR count). The third-order valence-corrected chi connectivity index (χ3v) is 1.36. The third-order valence-electron chi connectivity index (χ3n) is 1.36. The Morgan fingerprint density at radius 2 is 2.00 bits per heavy atom. The van der Waals surface area contributed by atoms with Gasteiger partial charge in [0.15, 0.2) is 18.1 Å². The molecule has 0 saturated carbocycles. The summed E-state index contributed by atoms with van der Waals surface area (Å²) in [6.45, 7) is -0.0691. The Kier molecular flexibility index (Phi) is 3.14. The topological polar surface area (TPSA) is 35.5 Å². The zero-order chi connectivity index (χ0) is 8.81. The summed E-state index contributed by atoms with van der Waals surface area (Å²) in [5.41, 5.74) is 0. The quantitative estimate of drug-likeness (QED) is 0.672. The van der Waals surface area contributed by atoms with Crippen molar-refractivity contribution in [2.45, 2.75) is 0 Å². The van der Waals surface area contributed by atoms with Crippen LogP contribution >= 0.6 is 0 Å². The maximum atomic E-state index is 9.89.